The molecular weight excluding hydrogens is 191 g/mol. The van der Waals surface area contributed by atoms with Crippen LogP contribution in [0.4, 0.5) is 13.2 Å². The van der Waals surface area contributed by atoms with Crippen LogP contribution in [-0.4, -0.2) is 4.55 Å². The van der Waals surface area contributed by atoms with Crippen LogP contribution in [0.15, 0.2) is 17.0 Å². The van der Waals surface area contributed by atoms with Crippen molar-refractivity contribution in [2.45, 2.75) is 4.90 Å². The molecule has 1 aromatic rings. The Hall–Kier alpha value is -0.720. The summed E-state index contributed by atoms with van der Waals surface area (Å²) in [6.45, 7) is 0. The Morgan fingerprint density at radius 2 is 1.58 bits per heavy atom. The number of rotatable bonds is 1. The molecule has 0 aliphatic rings. The van der Waals surface area contributed by atoms with Gasteiger partial charge >= 0.3 is 0 Å². The zero-order valence-corrected chi connectivity index (χ0v) is 6.50. The normalized spacial score (nSPS) is 13.1. The third kappa shape index (κ3) is 1.71. The molecule has 1 aromatic carbocycles. The van der Waals surface area contributed by atoms with Crippen LogP contribution in [0.2, 0.25) is 0 Å². The molecule has 12 heavy (non-hydrogen) atoms. The molecule has 66 valence electrons. The zero-order chi connectivity index (χ0) is 9.30. The SMILES string of the molecule is N[S+]([O-])c1cc(F)c(F)cc1F. The predicted molar refractivity (Wildman–Crippen MR) is 36.9 cm³/mol. The summed E-state index contributed by atoms with van der Waals surface area (Å²) in [5, 5.41) is 4.78. The van der Waals surface area contributed by atoms with Crippen molar-refractivity contribution in [3.63, 3.8) is 0 Å². The van der Waals surface area contributed by atoms with E-state index in [4.69, 9.17) is 5.14 Å². The average Bonchev–Trinajstić information content (AvgIpc) is 1.96. The molecule has 0 saturated heterocycles. The zero-order valence-electron chi connectivity index (χ0n) is 5.68. The lowest BCUT2D eigenvalue weighted by Gasteiger charge is -2.03. The van der Waals surface area contributed by atoms with E-state index in [2.05, 4.69) is 0 Å². The molecule has 0 fully saturated rings. The second kappa shape index (κ2) is 3.34. The predicted octanol–water partition coefficient (Wildman–Crippen LogP) is 1.09. The largest absolute Gasteiger partial charge is 0.593 e. The molecule has 0 heterocycles. The maximum atomic E-state index is 12.6. The second-order valence-electron chi connectivity index (χ2n) is 1.99. The highest BCUT2D eigenvalue weighted by molar-refractivity contribution is 7.89. The van der Waals surface area contributed by atoms with E-state index in [1.807, 2.05) is 0 Å². The Morgan fingerprint density at radius 1 is 1.08 bits per heavy atom. The van der Waals surface area contributed by atoms with Gasteiger partial charge in [-0.05, 0) is 0 Å². The lowest BCUT2D eigenvalue weighted by atomic mass is 10.3. The van der Waals surface area contributed by atoms with Gasteiger partial charge in [-0.1, -0.05) is 0 Å². The van der Waals surface area contributed by atoms with E-state index in [-0.39, 0.29) is 0 Å². The molecular formula is C6H4F3NOS. The molecule has 0 aliphatic carbocycles. The Labute approximate surface area is 69.5 Å². The van der Waals surface area contributed by atoms with Crippen molar-refractivity contribution in [1.82, 2.24) is 0 Å². The van der Waals surface area contributed by atoms with Crippen molar-refractivity contribution >= 4 is 11.4 Å². The van der Waals surface area contributed by atoms with Crippen molar-refractivity contribution in [2.75, 3.05) is 0 Å². The van der Waals surface area contributed by atoms with E-state index in [1.165, 1.54) is 0 Å². The minimum Gasteiger partial charge on any atom is -0.593 e. The molecule has 2 N–H and O–H groups in total. The van der Waals surface area contributed by atoms with Crippen LogP contribution < -0.4 is 5.14 Å². The highest BCUT2D eigenvalue weighted by Crippen LogP contribution is 2.16. The molecule has 1 unspecified atom stereocenters. The Balaban J connectivity index is 3.23. The maximum Gasteiger partial charge on any atom is 0.212 e. The van der Waals surface area contributed by atoms with Gasteiger partial charge in [-0.15, -0.1) is 5.14 Å². The summed E-state index contributed by atoms with van der Waals surface area (Å²) in [5.74, 6) is -3.72. The molecule has 0 aromatic heterocycles. The summed E-state index contributed by atoms with van der Waals surface area (Å²) in [5.41, 5.74) is 0. The van der Waals surface area contributed by atoms with E-state index < -0.39 is 33.7 Å². The van der Waals surface area contributed by atoms with Crippen LogP contribution in [0.5, 0.6) is 0 Å². The third-order valence-corrected chi connectivity index (χ3v) is 1.94. The minimum absolute atomic E-state index is 0.301. The Kier molecular flexibility index (Phi) is 2.61. The van der Waals surface area contributed by atoms with Gasteiger partial charge in [-0.2, -0.15) is 0 Å². The molecule has 0 saturated carbocycles. The van der Waals surface area contributed by atoms with Gasteiger partial charge in [0, 0.05) is 12.1 Å². The first-order valence-electron chi connectivity index (χ1n) is 2.83. The lowest BCUT2D eigenvalue weighted by molar-refractivity contribution is 0.482. The number of benzene rings is 1. The fourth-order valence-corrected chi connectivity index (χ4v) is 1.13. The van der Waals surface area contributed by atoms with Gasteiger partial charge < -0.3 is 4.55 Å². The van der Waals surface area contributed by atoms with Crippen molar-refractivity contribution in [3.05, 3.63) is 29.6 Å². The highest BCUT2D eigenvalue weighted by Gasteiger charge is 2.17. The molecule has 0 amide bonds. The fourth-order valence-electron chi connectivity index (χ4n) is 0.658. The van der Waals surface area contributed by atoms with E-state index in [9.17, 15) is 17.7 Å². The van der Waals surface area contributed by atoms with Crippen molar-refractivity contribution in [1.29, 1.82) is 0 Å². The third-order valence-electron chi connectivity index (χ3n) is 1.19. The van der Waals surface area contributed by atoms with Gasteiger partial charge in [-0.25, -0.2) is 13.2 Å². The summed E-state index contributed by atoms with van der Waals surface area (Å²) < 4.78 is 47.7. The molecule has 1 rings (SSSR count). The van der Waals surface area contributed by atoms with Crippen LogP contribution in [0.3, 0.4) is 0 Å². The molecule has 0 aliphatic heterocycles. The Bertz CT molecular complexity index is 305. The number of hydrogen-bond acceptors (Lipinski definition) is 2. The van der Waals surface area contributed by atoms with Crippen LogP contribution in [-0.2, 0) is 11.4 Å². The van der Waals surface area contributed by atoms with Crippen LogP contribution in [0.1, 0.15) is 0 Å². The van der Waals surface area contributed by atoms with E-state index in [0.29, 0.717) is 12.1 Å². The van der Waals surface area contributed by atoms with Gasteiger partial charge in [0.15, 0.2) is 17.5 Å². The summed E-state index contributed by atoms with van der Waals surface area (Å²) in [4.78, 5) is -0.547. The molecule has 2 nitrogen and oxygen atoms in total. The molecule has 0 bridgehead atoms. The monoisotopic (exact) mass is 195 g/mol. The summed E-state index contributed by atoms with van der Waals surface area (Å²) >= 11 is -2.14. The summed E-state index contributed by atoms with van der Waals surface area (Å²) in [6.07, 6.45) is 0. The fraction of sp³-hybridized carbons (Fsp3) is 0. The number of nitrogens with two attached hydrogens (primary N) is 1. The van der Waals surface area contributed by atoms with Crippen molar-refractivity contribution < 1.29 is 17.7 Å². The average molecular weight is 195 g/mol. The van der Waals surface area contributed by atoms with E-state index in [1.54, 1.807) is 0 Å². The van der Waals surface area contributed by atoms with Gasteiger partial charge in [0.25, 0.3) is 0 Å². The van der Waals surface area contributed by atoms with Crippen LogP contribution in [0.25, 0.3) is 0 Å². The van der Waals surface area contributed by atoms with Gasteiger partial charge in [-0.3, -0.25) is 0 Å². The first-order chi connectivity index (χ1) is 5.52. The van der Waals surface area contributed by atoms with Crippen LogP contribution in [0, 0.1) is 17.5 Å². The second-order valence-corrected chi connectivity index (χ2v) is 3.03. The van der Waals surface area contributed by atoms with Gasteiger partial charge in [0.2, 0.25) is 4.90 Å². The number of hydrogen-bond donors (Lipinski definition) is 1. The van der Waals surface area contributed by atoms with Gasteiger partial charge in [0.1, 0.15) is 0 Å². The minimum atomic E-state index is -2.14. The van der Waals surface area contributed by atoms with Crippen molar-refractivity contribution in [2.24, 2.45) is 5.14 Å². The molecule has 1 atom stereocenters. The highest BCUT2D eigenvalue weighted by atomic mass is 32.2. The first kappa shape index (κ1) is 9.37. The first-order valence-corrected chi connectivity index (χ1v) is 4.04. The van der Waals surface area contributed by atoms with Crippen LogP contribution >= 0.6 is 0 Å². The quantitative estimate of drug-likeness (QED) is 0.538. The topological polar surface area (TPSA) is 49.1 Å². The summed E-state index contributed by atoms with van der Waals surface area (Å²) in [7, 11) is 0. The standard InChI is InChI=1S/C6H4F3NOS/c7-3-1-5(9)6(12(10)11)2-4(3)8/h1-2H,10H2. The smallest absolute Gasteiger partial charge is 0.212 e. The Morgan fingerprint density at radius 3 is 2.08 bits per heavy atom. The maximum absolute atomic E-state index is 12.6. The van der Waals surface area contributed by atoms with E-state index in [0.717, 1.165) is 0 Å². The number of halogens is 3. The molecule has 0 radical (unpaired) electrons. The van der Waals surface area contributed by atoms with Crippen molar-refractivity contribution in [3.8, 4) is 0 Å². The summed E-state index contributed by atoms with van der Waals surface area (Å²) in [6, 6.07) is 0.774. The molecule has 6 heteroatoms. The van der Waals surface area contributed by atoms with Gasteiger partial charge in [0.05, 0.1) is 11.4 Å². The lowest BCUT2D eigenvalue weighted by Crippen LogP contribution is -2.14. The van der Waals surface area contributed by atoms with E-state index >= 15 is 0 Å². The molecule has 0 spiro atoms.